The van der Waals surface area contributed by atoms with Crippen molar-refractivity contribution in [2.75, 3.05) is 6.54 Å². The van der Waals surface area contributed by atoms with Crippen molar-refractivity contribution in [3.8, 4) is 0 Å². The monoisotopic (exact) mass is 290 g/mol. The van der Waals surface area contributed by atoms with Gasteiger partial charge in [-0.3, -0.25) is 4.79 Å². The molecule has 6 heteroatoms. The van der Waals surface area contributed by atoms with Crippen LogP contribution in [0.5, 0.6) is 0 Å². The van der Waals surface area contributed by atoms with Gasteiger partial charge in [-0.2, -0.15) is 0 Å². The van der Waals surface area contributed by atoms with Crippen LogP contribution in [0.4, 0.5) is 8.78 Å². The molecule has 3 nitrogen and oxygen atoms in total. The summed E-state index contributed by atoms with van der Waals surface area (Å²) in [4.78, 5) is 11.7. The zero-order chi connectivity index (χ0) is 13.1. The molecule has 19 heavy (non-hydrogen) atoms. The van der Waals surface area contributed by atoms with Crippen LogP contribution in [0.25, 0.3) is 0 Å². The van der Waals surface area contributed by atoms with Crippen molar-refractivity contribution >= 4 is 18.3 Å². The summed E-state index contributed by atoms with van der Waals surface area (Å²) in [7, 11) is 0. The van der Waals surface area contributed by atoms with Crippen molar-refractivity contribution in [3.63, 3.8) is 0 Å². The molecule has 1 aliphatic carbocycles. The van der Waals surface area contributed by atoms with Gasteiger partial charge in [-0.1, -0.05) is 6.07 Å². The fraction of sp³-hybridized carbons (Fsp3) is 0.462. The molecule has 1 amide bonds. The fourth-order valence-corrected chi connectivity index (χ4v) is 1.99. The Bertz CT molecular complexity index is 432. The van der Waals surface area contributed by atoms with Gasteiger partial charge in [0.05, 0.1) is 6.42 Å². The summed E-state index contributed by atoms with van der Waals surface area (Å²) in [6.07, 6.45) is 1.81. The molecule has 1 unspecified atom stereocenters. The first-order valence-corrected chi connectivity index (χ1v) is 6.04. The number of amides is 1. The Morgan fingerprint density at radius 1 is 1.37 bits per heavy atom. The Balaban J connectivity index is 0.00000180. The summed E-state index contributed by atoms with van der Waals surface area (Å²) in [5.41, 5.74) is 5.36. The predicted molar refractivity (Wildman–Crippen MR) is 71.0 cm³/mol. The second-order valence-corrected chi connectivity index (χ2v) is 4.62. The van der Waals surface area contributed by atoms with Gasteiger partial charge < -0.3 is 11.1 Å². The number of rotatable bonds is 5. The molecule has 3 N–H and O–H groups in total. The van der Waals surface area contributed by atoms with Crippen molar-refractivity contribution in [1.82, 2.24) is 5.32 Å². The van der Waals surface area contributed by atoms with E-state index in [0.717, 1.165) is 25.0 Å². The lowest BCUT2D eigenvalue weighted by atomic mass is 10.1. The Hall–Kier alpha value is -1.20. The van der Waals surface area contributed by atoms with Crippen molar-refractivity contribution < 1.29 is 13.6 Å². The summed E-state index contributed by atoms with van der Waals surface area (Å²) in [6, 6.07) is 3.49. The van der Waals surface area contributed by atoms with Crippen molar-refractivity contribution in [3.05, 3.63) is 35.4 Å². The van der Waals surface area contributed by atoms with Crippen LogP contribution in [-0.2, 0) is 11.2 Å². The smallest absolute Gasteiger partial charge is 0.224 e. The van der Waals surface area contributed by atoms with E-state index in [2.05, 4.69) is 5.32 Å². The fourth-order valence-electron chi connectivity index (χ4n) is 1.99. The number of hydrogen-bond donors (Lipinski definition) is 2. The maximum absolute atomic E-state index is 13.4. The van der Waals surface area contributed by atoms with Crippen LogP contribution in [0.1, 0.15) is 18.4 Å². The Kier molecular flexibility index (Phi) is 5.69. The lowest BCUT2D eigenvalue weighted by Gasteiger charge is -2.16. The average molecular weight is 291 g/mol. The highest BCUT2D eigenvalue weighted by molar-refractivity contribution is 5.85. The number of carbonyl (C=O) groups is 1. The molecule has 2 rings (SSSR count). The second-order valence-electron chi connectivity index (χ2n) is 4.62. The van der Waals surface area contributed by atoms with Gasteiger partial charge in [-0.25, -0.2) is 8.78 Å². The summed E-state index contributed by atoms with van der Waals surface area (Å²) < 4.78 is 26.7. The van der Waals surface area contributed by atoms with E-state index in [4.69, 9.17) is 5.73 Å². The van der Waals surface area contributed by atoms with E-state index >= 15 is 0 Å². The van der Waals surface area contributed by atoms with Crippen LogP contribution in [0.3, 0.4) is 0 Å². The van der Waals surface area contributed by atoms with E-state index in [1.165, 1.54) is 6.07 Å². The van der Waals surface area contributed by atoms with Gasteiger partial charge in [0.2, 0.25) is 5.91 Å². The molecule has 1 atom stereocenters. The first-order valence-electron chi connectivity index (χ1n) is 6.04. The molecule has 1 saturated carbocycles. The van der Waals surface area contributed by atoms with Gasteiger partial charge >= 0.3 is 0 Å². The first-order chi connectivity index (χ1) is 8.61. The largest absolute Gasteiger partial charge is 0.352 e. The summed E-state index contributed by atoms with van der Waals surface area (Å²) in [6.45, 7) is 0.357. The maximum atomic E-state index is 13.4. The molecule has 0 saturated heterocycles. The van der Waals surface area contributed by atoms with Crippen LogP contribution in [0, 0.1) is 17.6 Å². The number of carbonyl (C=O) groups excluding carboxylic acids is 1. The van der Waals surface area contributed by atoms with E-state index in [1.807, 2.05) is 0 Å². The van der Waals surface area contributed by atoms with Crippen LogP contribution in [0.15, 0.2) is 18.2 Å². The molecule has 0 spiro atoms. The van der Waals surface area contributed by atoms with Crippen molar-refractivity contribution in [2.24, 2.45) is 11.7 Å². The zero-order valence-corrected chi connectivity index (χ0v) is 11.2. The maximum Gasteiger partial charge on any atom is 0.224 e. The highest BCUT2D eigenvalue weighted by Crippen LogP contribution is 2.32. The summed E-state index contributed by atoms with van der Waals surface area (Å²) in [5.74, 6) is -1.35. The van der Waals surface area contributed by atoms with Crippen LogP contribution >= 0.6 is 12.4 Å². The molecule has 1 aromatic rings. The third-order valence-corrected chi connectivity index (χ3v) is 3.19. The Morgan fingerprint density at radius 3 is 2.42 bits per heavy atom. The number of halogens is 3. The molecule has 1 aliphatic rings. The molecule has 0 aliphatic heterocycles. The first kappa shape index (κ1) is 15.9. The van der Waals surface area contributed by atoms with Crippen LogP contribution in [-0.4, -0.2) is 18.5 Å². The van der Waals surface area contributed by atoms with Gasteiger partial charge in [0.25, 0.3) is 0 Å². The minimum atomic E-state index is -0.694. The van der Waals surface area contributed by atoms with E-state index in [1.54, 1.807) is 0 Å². The number of nitrogens with one attached hydrogen (secondary N) is 1. The number of nitrogens with two attached hydrogens (primary N) is 1. The SMILES string of the molecule is Cl.NCC(NC(=O)Cc1c(F)cccc1F)C1CC1. The summed E-state index contributed by atoms with van der Waals surface area (Å²) in [5, 5.41) is 2.73. The van der Waals surface area contributed by atoms with Crippen molar-refractivity contribution in [2.45, 2.75) is 25.3 Å². The summed E-state index contributed by atoms with van der Waals surface area (Å²) >= 11 is 0. The molecule has 0 radical (unpaired) electrons. The third-order valence-electron chi connectivity index (χ3n) is 3.19. The zero-order valence-electron chi connectivity index (χ0n) is 10.4. The lowest BCUT2D eigenvalue weighted by Crippen LogP contribution is -2.42. The Labute approximate surface area is 117 Å². The molecule has 106 valence electrons. The van der Waals surface area contributed by atoms with E-state index in [-0.39, 0.29) is 36.3 Å². The van der Waals surface area contributed by atoms with E-state index in [0.29, 0.717) is 12.5 Å². The van der Waals surface area contributed by atoms with Gasteiger partial charge in [-0.15, -0.1) is 12.4 Å². The third kappa shape index (κ3) is 4.14. The molecule has 1 fully saturated rings. The van der Waals surface area contributed by atoms with E-state index < -0.39 is 11.6 Å². The number of benzene rings is 1. The number of hydrogen-bond acceptors (Lipinski definition) is 2. The molecular formula is C13H17ClF2N2O. The molecular weight excluding hydrogens is 274 g/mol. The van der Waals surface area contributed by atoms with Gasteiger partial charge in [0.15, 0.2) is 0 Å². The van der Waals surface area contributed by atoms with Crippen molar-refractivity contribution in [1.29, 1.82) is 0 Å². The van der Waals surface area contributed by atoms with Gasteiger partial charge in [-0.05, 0) is 30.9 Å². The minimum absolute atomic E-state index is 0. The van der Waals surface area contributed by atoms with Gasteiger partial charge in [0, 0.05) is 18.2 Å². The van der Waals surface area contributed by atoms with E-state index in [9.17, 15) is 13.6 Å². The highest BCUT2D eigenvalue weighted by atomic mass is 35.5. The normalized spacial score (nSPS) is 15.5. The molecule has 0 bridgehead atoms. The molecule has 1 aromatic carbocycles. The quantitative estimate of drug-likeness (QED) is 0.868. The standard InChI is InChI=1S/C13H16F2N2O.ClH/c14-10-2-1-3-11(15)9(10)6-13(18)17-12(7-16)8-4-5-8;/h1-3,8,12H,4-7,16H2,(H,17,18);1H. The predicted octanol–water partition coefficient (Wildman–Crippen LogP) is 1.78. The topological polar surface area (TPSA) is 55.1 Å². The minimum Gasteiger partial charge on any atom is -0.352 e. The highest BCUT2D eigenvalue weighted by Gasteiger charge is 2.31. The Morgan fingerprint density at radius 2 is 1.95 bits per heavy atom. The second kappa shape index (κ2) is 6.82. The van der Waals surface area contributed by atoms with Crippen LogP contribution in [0.2, 0.25) is 0 Å². The van der Waals surface area contributed by atoms with Crippen LogP contribution < -0.4 is 11.1 Å². The lowest BCUT2D eigenvalue weighted by molar-refractivity contribution is -0.121. The molecule has 0 aromatic heterocycles. The molecule has 0 heterocycles. The average Bonchev–Trinajstić information content (AvgIpc) is 3.15. The van der Waals surface area contributed by atoms with Gasteiger partial charge in [0.1, 0.15) is 11.6 Å².